The Morgan fingerprint density at radius 1 is 1.00 bits per heavy atom. The highest BCUT2D eigenvalue weighted by Crippen LogP contribution is 2.22. The largest absolute Gasteiger partial charge is 0.343 e. The lowest BCUT2D eigenvalue weighted by atomic mass is 9.95. The van der Waals surface area contributed by atoms with Crippen molar-refractivity contribution in [2.45, 2.75) is 32.1 Å². The van der Waals surface area contributed by atoms with E-state index in [1.54, 1.807) is 0 Å². The molecule has 0 saturated carbocycles. The first-order valence-corrected chi connectivity index (χ1v) is 10.2. The zero-order valence-electron chi connectivity index (χ0n) is 14.2. The Labute approximate surface area is 147 Å². The van der Waals surface area contributed by atoms with Gasteiger partial charge in [0.05, 0.1) is 5.92 Å². The molecule has 3 aliphatic heterocycles. The molecule has 3 saturated heterocycles. The summed E-state index contributed by atoms with van der Waals surface area (Å²) >= 11 is 1.90. The zero-order chi connectivity index (χ0) is 16.9. The van der Waals surface area contributed by atoms with Crippen LogP contribution in [-0.2, 0) is 14.4 Å². The minimum atomic E-state index is -0.0424. The van der Waals surface area contributed by atoms with Crippen LogP contribution >= 0.6 is 11.8 Å². The van der Waals surface area contributed by atoms with Crippen LogP contribution in [0.5, 0.6) is 0 Å². The standard InChI is InChI=1S/C17H27N3O3S/c21-15-3-1-6-18(15)7-2-8-20-13-14(4-5-16(20)22)17(23)19-9-11-24-12-10-19/h14H,1-13H2. The maximum atomic E-state index is 12.7. The van der Waals surface area contributed by atoms with E-state index in [2.05, 4.69) is 0 Å². The van der Waals surface area contributed by atoms with E-state index in [1.807, 2.05) is 26.5 Å². The van der Waals surface area contributed by atoms with Crippen LogP contribution < -0.4 is 0 Å². The maximum absolute atomic E-state index is 12.7. The van der Waals surface area contributed by atoms with Gasteiger partial charge in [-0.15, -0.1) is 0 Å². The highest BCUT2D eigenvalue weighted by molar-refractivity contribution is 7.99. The molecule has 3 aliphatic rings. The highest BCUT2D eigenvalue weighted by Gasteiger charge is 2.33. The third kappa shape index (κ3) is 4.23. The second-order valence-electron chi connectivity index (χ2n) is 6.85. The van der Waals surface area contributed by atoms with E-state index in [0.717, 1.165) is 50.5 Å². The second kappa shape index (κ2) is 8.23. The minimum absolute atomic E-state index is 0.0424. The molecule has 0 bridgehead atoms. The number of thioether (sulfide) groups is 1. The molecule has 1 atom stereocenters. The Hall–Kier alpha value is -1.24. The van der Waals surface area contributed by atoms with Gasteiger partial charge < -0.3 is 14.7 Å². The number of nitrogens with zero attached hydrogens (tertiary/aromatic N) is 3. The van der Waals surface area contributed by atoms with Crippen molar-refractivity contribution in [3.05, 3.63) is 0 Å². The average molecular weight is 353 g/mol. The third-order valence-electron chi connectivity index (χ3n) is 5.20. The van der Waals surface area contributed by atoms with E-state index in [1.165, 1.54) is 0 Å². The van der Waals surface area contributed by atoms with Crippen LogP contribution in [0.25, 0.3) is 0 Å². The first kappa shape index (κ1) is 17.6. The van der Waals surface area contributed by atoms with Gasteiger partial charge in [0.1, 0.15) is 0 Å². The fourth-order valence-corrected chi connectivity index (χ4v) is 4.67. The number of rotatable bonds is 5. The molecule has 0 spiro atoms. The summed E-state index contributed by atoms with van der Waals surface area (Å²) in [5.41, 5.74) is 0. The van der Waals surface area contributed by atoms with Crippen LogP contribution in [0.1, 0.15) is 32.1 Å². The summed E-state index contributed by atoms with van der Waals surface area (Å²) < 4.78 is 0. The topological polar surface area (TPSA) is 60.9 Å². The fourth-order valence-electron chi connectivity index (χ4n) is 3.77. The summed E-state index contributed by atoms with van der Waals surface area (Å²) in [4.78, 5) is 42.1. The smallest absolute Gasteiger partial charge is 0.227 e. The van der Waals surface area contributed by atoms with Crippen LogP contribution in [0.4, 0.5) is 0 Å². The van der Waals surface area contributed by atoms with Gasteiger partial charge in [-0.2, -0.15) is 11.8 Å². The predicted octanol–water partition coefficient (Wildman–Crippen LogP) is 0.813. The molecule has 3 amide bonds. The number of amides is 3. The summed E-state index contributed by atoms with van der Waals surface area (Å²) in [6.45, 7) is 4.46. The van der Waals surface area contributed by atoms with E-state index in [-0.39, 0.29) is 23.6 Å². The summed E-state index contributed by atoms with van der Waals surface area (Å²) in [5, 5.41) is 0. The van der Waals surface area contributed by atoms with Crippen LogP contribution in [0.3, 0.4) is 0 Å². The predicted molar refractivity (Wildman–Crippen MR) is 93.6 cm³/mol. The molecule has 7 heteroatoms. The molecular weight excluding hydrogens is 326 g/mol. The number of carbonyl (C=O) groups is 3. The molecule has 6 nitrogen and oxygen atoms in total. The molecular formula is C17H27N3O3S. The van der Waals surface area contributed by atoms with E-state index in [4.69, 9.17) is 0 Å². The van der Waals surface area contributed by atoms with Gasteiger partial charge in [0.15, 0.2) is 0 Å². The van der Waals surface area contributed by atoms with Gasteiger partial charge in [0.2, 0.25) is 17.7 Å². The average Bonchev–Trinajstić information content (AvgIpc) is 3.02. The first-order chi connectivity index (χ1) is 11.6. The van der Waals surface area contributed by atoms with Crippen LogP contribution in [0.2, 0.25) is 0 Å². The van der Waals surface area contributed by atoms with Gasteiger partial charge in [-0.3, -0.25) is 14.4 Å². The molecule has 3 rings (SSSR count). The van der Waals surface area contributed by atoms with Gasteiger partial charge in [0, 0.05) is 63.6 Å². The van der Waals surface area contributed by atoms with Gasteiger partial charge in [-0.1, -0.05) is 0 Å². The summed E-state index contributed by atoms with van der Waals surface area (Å²) in [6, 6.07) is 0. The van der Waals surface area contributed by atoms with E-state index < -0.39 is 0 Å². The summed E-state index contributed by atoms with van der Waals surface area (Å²) in [6.07, 6.45) is 3.57. The Kier molecular flexibility index (Phi) is 6.03. The first-order valence-electron chi connectivity index (χ1n) is 9.07. The van der Waals surface area contributed by atoms with Crippen molar-refractivity contribution >= 4 is 29.5 Å². The van der Waals surface area contributed by atoms with Crippen LogP contribution in [-0.4, -0.2) is 83.2 Å². The normalized spacial score (nSPS) is 25.5. The SMILES string of the molecule is O=C1CCCN1CCCN1CC(C(=O)N2CCSCC2)CCC1=O. The van der Waals surface area contributed by atoms with E-state index in [9.17, 15) is 14.4 Å². The molecule has 1 unspecified atom stereocenters. The highest BCUT2D eigenvalue weighted by atomic mass is 32.2. The van der Waals surface area contributed by atoms with Gasteiger partial charge in [-0.25, -0.2) is 0 Å². The quantitative estimate of drug-likeness (QED) is 0.734. The number of likely N-dealkylation sites (tertiary alicyclic amines) is 2. The third-order valence-corrected chi connectivity index (χ3v) is 6.14. The van der Waals surface area contributed by atoms with Gasteiger partial charge >= 0.3 is 0 Å². The Morgan fingerprint density at radius 2 is 1.71 bits per heavy atom. The van der Waals surface area contributed by atoms with Crippen LogP contribution in [0.15, 0.2) is 0 Å². The molecule has 24 heavy (non-hydrogen) atoms. The Morgan fingerprint density at radius 3 is 2.42 bits per heavy atom. The second-order valence-corrected chi connectivity index (χ2v) is 8.08. The molecule has 0 aromatic rings. The zero-order valence-corrected chi connectivity index (χ0v) is 15.1. The molecule has 0 aliphatic carbocycles. The summed E-state index contributed by atoms with van der Waals surface area (Å²) in [5.74, 6) is 2.61. The maximum Gasteiger partial charge on any atom is 0.227 e. The molecule has 3 heterocycles. The molecule has 134 valence electrons. The summed E-state index contributed by atoms with van der Waals surface area (Å²) in [7, 11) is 0. The van der Waals surface area contributed by atoms with Gasteiger partial charge in [0.25, 0.3) is 0 Å². The molecule has 0 N–H and O–H groups in total. The van der Waals surface area contributed by atoms with Crippen molar-refractivity contribution in [2.24, 2.45) is 5.92 Å². The molecule has 3 fully saturated rings. The number of carbonyl (C=O) groups excluding carboxylic acids is 3. The van der Waals surface area contributed by atoms with Crippen molar-refractivity contribution in [2.75, 3.05) is 50.8 Å². The fraction of sp³-hybridized carbons (Fsp3) is 0.824. The van der Waals surface area contributed by atoms with Crippen molar-refractivity contribution in [1.82, 2.24) is 14.7 Å². The number of hydrogen-bond acceptors (Lipinski definition) is 4. The Bertz CT molecular complexity index is 493. The van der Waals surface area contributed by atoms with E-state index >= 15 is 0 Å². The molecule has 0 aromatic heterocycles. The minimum Gasteiger partial charge on any atom is -0.343 e. The molecule has 0 aromatic carbocycles. The van der Waals surface area contributed by atoms with Crippen molar-refractivity contribution in [3.8, 4) is 0 Å². The van der Waals surface area contributed by atoms with Crippen molar-refractivity contribution < 1.29 is 14.4 Å². The van der Waals surface area contributed by atoms with Gasteiger partial charge in [-0.05, 0) is 19.3 Å². The monoisotopic (exact) mass is 353 g/mol. The van der Waals surface area contributed by atoms with Crippen LogP contribution in [0, 0.1) is 5.92 Å². The number of hydrogen-bond donors (Lipinski definition) is 0. The van der Waals surface area contributed by atoms with Crippen molar-refractivity contribution in [1.29, 1.82) is 0 Å². The lowest BCUT2D eigenvalue weighted by Gasteiger charge is -2.36. The molecule has 0 radical (unpaired) electrons. The van der Waals surface area contributed by atoms with Crippen molar-refractivity contribution in [3.63, 3.8) is 0 Å². The lowest BCUT2D eigenvalue weighted by molar-refractivity contribution is -0.142. The number of piperidine rings is 1. The van der Waals surface area contributed by atoms with E-state index in [0.29, 0.717) is 32.4 Å². The Balaban J connectivity index is 1.46. The lowest BCUT2D eigenvalue weighted by Crippen LogP contribution is -2.49.